The van der Waals surface area contributed by atoms with Gasteiger partial charge in [-0.3, -0.25) is 23.2 Å². The highest BCUT2D eigenvalue weighted by Crippen LogP contribution is 2.49. The molecule has 0 aliphatic rings. The SMILES string of the molecule is CCCCCCCCCCCCCCCCCC(=O)OCC(COP(=O)(OCCC#N)OCCC[N+](C)(C)C)OC(=O)CCCCCCCCCCCCCCCCC. The summed E-state index contributed by atoms with van der Waals surface area (Å²) in [4.78, 5) is 25.6. The van der Waals surface area contributed by atoms with E-state index in [1.165, 1.54) is 154 Å². The summed E-state index contributed by atoms with van der Waals surface area (Å²) in [6.07, 6.45) is 37.6. The fourth-order valence-electron chi connectivity index (χ4n) is 7.10. The zero-order chi connectivity index (χ0) is 43.6. The van der Waals surface area contributed by atoms with Gasteiger partial charge in [-0.1, -0.05) is 194 Å². The molecule has 0 aromatic rings. The van der Waals surface area contributed by atoms with Gasteiger partial charge in [0.2, 0.25) is 0 Å². The number of carbonyl (C=O) groups is 2. The Hall–Kier alpha value is -1.50. The number of nitrogens with zero attached hydrogens (tertiary/aromatic N) is 2. The van der Waals surface area contributed by atoms with Gasteiger partial charge >= 0.3 is 19.8 Å². The predicted molar refractivity (Wildman–Crippen MR) is 243 cm³/mol. The molecule has 0 fully saturated rings. The molecule has 0 aliphatic heterocycles. The van der Waals surface area contributed by atoms with Gasteiger partial charge in [-0.2, -0.15) is 5.26 Å². The summed E-state index contributed by atoms with van der Waals surface area (Å²) in [6, 6.07) is 1.97. The molecule has 0 aliphatic carbocycles. The molecule has 0 bridgehead atoms. The van der Waals surface area contributed by atoms with Crippen LogP contribution in [0.25, 0.3) is 0 Å². The first-order valence-corrected chi connectivity index (χ1v) is 26.1. The van der Waals surface area contributed by atoms with E-state index in [1.54, 1.807) is 0 Å². The Morgan fingerprint density at radius 2 is 0.881 bits per heavy atom. The third kappa shape index (κ3) is 43.0. The van der Waals surface area contributed by atoms with Crippen LogP contribution >= 0.6 is 7.82 Å². The van der Waals surface area contributed by atoms with Crippen LogP contribution in [0, 0.1) is 11.3 Å². The van der Waals surface area contributed by atoms with Crippen LogP contribution in [0.4, 0.5) is 0 Å². The summed E-state index contributed by atoms with van der Waals surface area (Å²) in [5.41, 5.74) is 0. The van der Waals surface area contributed by atoms with Crippen molar-refractivity contribution < 1.29 is 41.7 Å². The highest BCUT2D eigenvalue weighted by Gasteiger charge is 2.30. The number of phosphoric ester groups is 1. The lowest BCUT2D eigenvalue weighted by atomic mass is 10.0. The summed E-state index contributed by atoms with van der Waals surface area (Å²) >= 11 is 0. The molecule has 59 heavy (non-hydrogen) atoms. The first-order valence-electron chi connectivity index (χ1n) is 24.6. The second kappa shape index (κ2) is 41.8. The fraction of sp³-hybridized carbons (Fsp3) is 0.938. The number of hydrogen-bond donors (Lipinski definition) is 0. The van der Waals surface area contributed by atoms with Crippen molar-refractivity contribution in [2.45, 2.75) is 238 Å². The molecular formula is C48H94N2O8P+. The van der Waals surface area contributed by atoms with E-state index in [-0.39, 0.29) is 45.2 Å². The lowest BCUT2D eigenvalue weighted by Crippen LogP contribution is -2.35. The van der Waals surface area contributed by atoms with Crippen molar-refractivity contribution >= 4 is 19.8 Å². The Labute approximate surface area is 364 Å². The normalized spacial score (nSPS) is 13.2. The lowest BCUT2D eigenvalue weighted by molar-refractivity contribution is -0.870. The quantitative estimate of drug-likeness (QED) is 0.0255. The maximum Gasteiger partial charge on any atom is 0.474 e. The minimum atomic E-state index is -4.07. The molecule has 0 rings (SSSR count). The number of esters is 2. The number of quaternary nitrogens is 1. The summed E-state index contributed by atoms with van der Waals surface area (Å²) < 4.78 is 42.1. The Bertz CT molecular complexity index is 1050. The van der Waals surface area contributed by atoms with Crippen LogP contribution in [-0.2, 0) is 37.2 Å². The van der Waals surface area contributed by atoms with Gasteiger partial charge in [0.15, 0.2) is 6.10 Å². The molecule has 0 N–H and O–H groups in total. The molecule has 0 aromatic carbocycles. The number of hydrogen-bond acceptors (Lipinski definition) is 9. The van der Waals surface area contributed by atoms with E-state index in [1.807, 2.05) is 6.07 Å². The Balaban J connectivity index is 4.67. The first-order chi connectivity index (χ1) is 28.5. The van der Waals surface area contributed by atoms with Crippen LogP contribution in [0.15, 0.2) is 0 Å². The van der Waals surface area contributed by atoms with E-state index in [2.05, 4.69) is 35.0 Å². The van der Waals surface area contributed by atoms with E-state index in [0.29, 0.717) is 23.7 Å². The van der Waals surface area contributed by atoms with E-state index >= 15 is 0 Å². The van der Waals surface area contributed by atoms with Gasteiger partial charge in [-0.15, -0.1) is 0 Å². The van der Waals surface area contributed by atoms with Gasteiger partial charge in [0.05, 0.1) is 60.0 Å². The molecule has 2 unspecified atom stereocenters. The third-order valence-corrected chi connectivity index (χ3v) is 12.3. The van der Waals surface area contributed by atoms with Gasteiger partial charge in [-0.05, 0) is 12.8 Å². The van der Waals surface area contributed by atoms with Crippen molar-refractivity contribution in [1.29, 1.82) is 5.26 Å². The van der Waals surface area contributed by atoms with E-state index in [4.69, 9.17) is 28.3 Å². The molecule has 0 aromatic heterocycles. The minimum Gasteiger partial charge on any atom is -0.462 e. The summed E-state index contributed by atoms with van der Waals surface area (Å²) in [5.74, 6) is -0.760. The molecule has 0 radical (unpaired) electrons. The van der Waals surface area contributed by atoms with Crippen LogP contribution in [0.2, 0.25) is 0 Å². The number of ether oxygens (including phenoxy) is 2. The number of carbonyl (C=O) groups excluding carboxylic acids is 2. The number of rotatable bonds is 46. The zero-order valence-corrected chi connectivity index (χ0v) is 40.2. The van der Waals surface area contributed by atoms with Gasteiger partial charge in [0.1, 0.15) is 6.61 Å². The van der Waals surface area contributed by atoms with E-state index in [0.717, 1.165) is 38.6 Å². The summed E-state index contributed by atoms with van der Waals surface area (Å²) in [7, 11) is 2.10. The van der Waals surface area contributed by atoms with Crippen molar-refractivity contribution in [3.8, 4) is 6.07 Å². The maximum atomic E-state index is 13.5. The number of unbranched alkanes of at least 4 members (excludes halogenated alkanes) is 28. The summed E-state index contributed by atoms with van der Waals surface area (Å²) in [5, 5.41) is 8.98. The lowest BCUT2D eigenvalue weighted by Gasteiger charge is -2.25. The third-order valence-electron chi connectivity index (χ3n) is 10.8. The van der Waals surface area contributed by atoms with Gasteiger partial charge in [0, 0.05) is 19.3 Å². The van der Waals surface area contributed by atoms with Crippen molar-refractivity contribution in [3.63, 3.8) is 0 Å². The minimum absolute atomic E-state index is 0.0180. The zero-order valence-electron chi connectivity index (χ0n) is 39.3. The van der Waals surface area contributed by atoms with Crippen molar-refractivity contribution in [2.75, 3.05) is 54.1 Å². The largest absolute Gasteiger partial charge is 0.474 e. The summed E-state index contributed by atoms with van der Waals surface area (Å²) in [6.45, 7) is 4.79. The Morgan fingerprint density at radius 3 is 1.27 bits per heavy atom. The standard InChI is InChI=1S/C48H94N2O8P/c1-6-8-10-12-14-16-18-20-22-24-26-28-30-32-34-38-47(51)54-44-46(45-57-59(53,55-42-36-40-49)56-43-37-41-50(3,4)5)58-48(52)39-35-33-31-29-27-25-23-21-19-17-15-13-11-9-7-2/h46H,6-39,41-45H2,1-5H3/q+1. The smallest absolute Gasteiger partial charge is 0.462 e. The van der Waals surface area contributed by atoms with Crippen LogP contribution in [-0.4, -0.2) is 76.6 Å². The van der Waals surface area contributed by atoms with Crippen molar-refractivity contribution in [3.05, 3.63) is 0 Å². The topological polar surface area (TPSA) is 121 Å². The molecule has 0 saturated heterocycles. The second-order valence-corrected chi connectivity index (χ2v) is 19.5. The molecule has 0 amide bonds. The maximum absolute atomic E-state index is 13.5. The first kappa shape index (κ1) is 57.5. The van der Waals surface area contributed by atoms with Crippen LogP contribution in [0.5, 0.6) is 0 Å². The monoisotopic (exact) mass is 858 g/mol. The van der Waals surface area contributed by atoms with E-state index in [9.17, 15) is 14.2 Å². The van der Waals surface area contributed by atoms with Gasteiger partial charge in [-0.25, -0.2) is 4.57 Å². The average Bonchev–Trinajstić information content (AvgIpc) is 3.20. The molecule has 348 valence electrons. The molecule has 10 nitrogen and oxygen atoms in total. The second-order valence-electron chi connectivity index (χ2n) is 17.9. The average molecular weight is 858 g/mol. The molecule has 0 heterocycles. The predicted octanol–water partition coefficient (Wildman–Crippen LogP) is 14.1. The highest BCUT2D eigenvalue weighted by atomic mass is 31.2. The van der Waals surface area contributed by atoms with Crippen molar-refractivity contribution in [2.24, 2.45) is 0 Å². The Kier molecular flexibility index (Phi) is 40.8. The molecule has 2 atom stereocenters. The number of phosphoric acid groups is 1. The number of nitriles is 1. The van der Waals surface area contributed by atoms with Gasteiger partial charge < -0.3 is 14.0 Å². The van der Waals surface area contributed by atoms with E-state index < -0.39 is 19.9 Å². The van der Waals surface area contributed by atoms with Crippen LogP contribution in [0.1, 0.15) is 232 Å². The molecule has 0 saturated carbocycles. The van der Waals surface area contributed by atoms with Crippen LogP contribution in [0.3, 0.4) is 0 Å². The highest BCUT2D eigenvalue weighted by molar-refractivity contribution is 7.48. The Morgan fingerprint density at radius 1 is 0.508 bits per heavy atom. The fourth-order valence-corrected chi connectivity index (χ4v) is 8.34. The molecule has 11 heteroatoms. The van der Waals surface area contributed by atoms with Gasteiger partial charge in [0.25, 0.3) is 0 Å². The van der Waals surface area contributed by atoms with Crippen molar-refractivity contribution in [1.82, 2.24) is 0 Å². The molecule has 0 spiro atoms. The van der Waals surface area contributed by atoms with Crippen LogP contribution < -0.4 is 0 Å². The molecular weight excluding hydrogens is 764 g/mol.